The van der Waals surface area contributed by atoms with Crippen molar-refractivity contribution in [3.05, 3.63) is 82.7 Å². The van der Waals surface area contributed by atoms with Crippen LogP contribution in [0, 0.1) is 0 Å². The quantitative estimate of drug-likeness (QED) is 0.177. The molecule has 202 valence electrons. The lowest BCUT2D eigenvalue weighted by Gasteiger charge is -2.20. The molecule has 0 aliphatic carbocycles. The maximum atomic E-state index is 13.5. The van der Waals surface area contributed by atoms with Crippen LogP contribution in [0.3, 0.4) is 0 Å². The Kier molecular flexibility index (Phi) is 9.19. The van der Waals surface area contributed by atoms with Gasteiger partial charge in [0, 0.05) is 23.0 Å². The summed E-state index contributed by atoms with van der Waals surface area (Å²) in [6, 6.07) is 14.3. The molecule has 2 N–H and O–H groups in total. The lowest BCUT2D eigenvalue weighted by atomic mass is 9.94. The van der Waals surface area contributed by atoms with Crippen molar-refractivity contribution in [3.63, 3.8) is 0 Å². The Morgan fingerprint density at radius 1 is 1.13 bits per heavy atom. The van der Waals surface area contributed by atoms with Crippen LogP contribution < -0.4 is 9.64 Å². The number of para-hydroxylation sites is 1. The second-order valence-electron chi connectivity index (χ2n) is 8.63. The Balaban J connectivity index is 1.65. The summed E-state index contributed by atoms with van der Waals surface area (Å²) in [5, 5.41) is 9.81. The molecule has 0 saturated carbocycles. The number of carbonyl (C=O) groups excluding carboxylic acids is 1. The standard InChI is InChI=1S/C26H27ClN2O7S2/c27-18-8-10-24-21(17-18)20(7-4-16-38(32,33)34)23(36-24)11-9-22-25(31)29(19-5-2-1-3-6-19)26(37)28(22)12-14-35-15-13-30/h1-3,5-6,8-11,17,20,30H,4,7,12-16H2,(H,32,33,34). The van der Waals surface area contributed by atoms with Crippen LogP contribution in [-0.4, -0.2) is 66.1 Å². The van der Waals surface area contributed by atoms with Gasteiger partial charge in [0.15, 0.2) is 5.11 Å². The monoisotopic (exact) mass is 578 g/mol. The number of allylic oxidation sites excluding steroid dienone is 3. The fraction of sp³-hybridized carbons (Fsp3) is 0.308. The Morgan fingerprint density at radius 3 is 2.61 bits per heavy atom. The average molecular weight is 579 g/mol. The largest absolute Gasteiger partial charge is 0.461 e. The van der Waals surface area contributed by atoms with Crippen LogP contribution in [0.25, 0.3) is 0 Å². The van der Waals surface area contributed by atoms with Gasteiger partial charge in [0.05, 0.1) is 31.3 Å². The molecule has 2 aliphatic heterocycles. The highest BCUT2D eigenvalue weighted by Gasteiger charge is 2.39. The number of aliphatic hydroxyl groups is 1. The SMILES string of the molecule is O=C1C(=CC=C2Oc3ccc(Cl)cc3C2CCCS(=O)(=O)O)N(CCOCCO)C(=S)N1c1ccccc1. The zero-order valence-corrected chi connectivity index (χ0v) is 22.7. The van der Waals surface area contributed by atoms with Gasteiger partial charge >= 0.3 is 0 Å². The van der Waals surface area contributed by atoms with Gasteiger partial charge in [0.25, 0.3) is 16.0 Å². The normalized spacial score (nSPS) is 19.5. The average Bonchev–Trinajstić information content (AvgIpc) is 3.33. The molecule has 1 fully saturated rings. The van der Waals surface area contributed by atoms with Gasteiger partial charge in [-0.15, -0.1) is 0 Å². The molecule has 0 spiro atoms. The molecule has 2 heterocycles. The van der Waals surface area contributed by atoms with E-state index in [9.17, 15) is 13.2 Å². The maximum Gasteiger partial charge on any atom is 0.281 e. The first-order valence-electron chi connectivity index (χ1n) is 11.9. The molecular weight excluding hydrogens is 552 g/mol. The minimum absolute atomic E-state index is 0.116. The highest BCUT2D eigenvalue weighted by molar-refractivity contribution is 7.85. The van der Waals surface area contributed by atoms with Gasteiger partial charge in [-0.2, -0.15) is 8.42 Å². The fourth-order valence-corrected chi connectivity index (χ4v) is 5.45. The molecule has 38 heavy (non-hydrogen) atoms. The Morgan fingerprint density at radius 2 is 1.89 bits per heavy atom. The lowest BCUT2D eigenvalue weighted by molar-refractivity contribution is -0.114. The first-order valence-corrected chi connectivity index (χ1v) is 14.3. The molecule has 4 rings (SSSR count). The molecule has 2 aliphatic rings. The number of halogens is 1. The third-order valence-electron chi connectivity index (χ3n) is 6.06. The van der Waals surface area contributed by atoms with E-state index in [2.05, 4.69) is 0 Å². The summed E-state index contributed by atoms with van der Waals surface area (Å²) in [4.78, 5) is 16.6. The third-order valence-corrected chi connectivity index (χ3v) is 7.51. The number of hydrogen-bond acceptors (Lipinski definition) is 7. The fourth-order valence-electron chi connectivity index (χ4n) is 4.36. The van der Waals surface area contributed by atoms with Crippen molar-refractivity contribution in [2.45, 2.75) is 18.8 Å². The Labute approximate surface area is 231 Å². The molecule has 0 radical (unpaired) electrons. The zero-order valence-electron chi connectivity index (χ0n) is 20.3. The number of rotatable bonds is 11. The van der Waals surface area contributed by atoms with Crippen LogP contribution in [0.2, 0.25) is 5.02 Å². The first-order chi connectivity index (χ1) is 18.2. The van der Waals surface area contributed by atoms with E-state index in [1.54, 1.807) is 47.4 Å². The van der Waals surface area contributed by atoms with E-state index in [1.165, 1.54) is 4.90 Å². The minimum Gasteiger partial charge on any atom is -0.461 e. The summed E-state index contributed by atoms with van der Waals surface area (Å²) in [5.74, 6) is 0.0792. The summed E-state index contributed by atoms with van der Waals surface area (Å²) in [6.07, 6.45) is 3.88. The molecule has 0 bridgehead atoms. The molecule has 1 saturated heterocycles. The van der Waals surface area contributed by atoms with Gasteiger partial charge in [-0.3, -0.25) is 14.2 Å². The predicted octanol–water partition coefficient (Wildman–Crippen LogP) is 3.89. The molecule has 1 amide bonds. The van der Waals surface area contributed by atoms with Crippen molar-refractivity contribution in [1.82, 2.24) is 4.90 Å². The molecular formula is C26H27ClN2O7S2. The van der Waals surface area contributed by atoms with Crippen molar-refractivity contribution in [3.8, 4) is 5.75 Å². The van der Waals surface area contributed by atoms with Crippen LogP contribution in [-0.2, 0) is 19.6 Å². The van der Waals surface area contributed by atoms with Crippen molar-refractivity contribution >= 4 is 50.6 Å². The summed E-state index contributed by atoms with van der Waals surface area (Å²) in [5.41, 5.74) is 1.74. The lowest BCUT2D eigenvalue weighted by Crippen LogP contribution is -2.34. The second-order valence-corrected chi connectivity index (χ2v) is 11.0. The van der Waals surface area contributed by atoms with Crippen LogP contribution in [0.1, 0.15) is 24.3 Å². The molecule has 9 nitrogen and oxygen atoms in total. The number of nitrogens with zero attached hydrogens (tertiary/aromatic N) is 2. The number of benzene rings is 2. The predicted molar refractivity (Wildman–Crippen MR) is 148 cm³/mol. The number of amides is 1. The van der Waals surface area contributed by atoms with Gasteiger partial charge in [0.1, 0.15) is 17.2 Å². The number of fused-ring (bicyclic) bond motifs is 1. The van der Waals surface area contributed by atoms with E-state index >= 15 is 0 Å². The topological polar surface area (TPSA) is 117 Å². The minimum atomic E-state index is -4.11. The number of hydrogen-bond donors (Lipinski definition) is 2. The van der Waals surface area contributed by atoms with Crippen molar-refractivity contribution in [2.75, 3.05) is 37.0 Å². The molecule has 1 unspecified atom stereocenters. The number of aliphatic hydroxyl groups excluding tert-OH is 1. The van der Waals surface area contributed by atoms with E-state index in [4.69, 9.17) is 43.0 Å². The molecule has 2 aromatic carbocycles. The van der Waals surface area contributed by atoms with E-state index in [0.717, 1.165) is 5.56 Å². The van der Waals surface area contributed by atoms with Gasteiger partial charge in [-0.05, 0) is 67.5 Å². The summed E-state index contributed by atoms with van der Waals surface area (Å²) in [6.45, 7) is 0.579. The first kappa shape index (κ1) is 28.2. The summed E-state index contributed by atoms with van der Waals surface area (Å²) < 4.78 is 43.1. The van der Waals surface area contributed by atoms with Gasteiger partial charge in [-0.1, -0.05) is 29.8 Å². The van der Waals surface area contributed by atoms with E-state index < -0.39 is 10.1 Å². The van der Waals surface area contributed by atoms with E-state index in [1.807, 2.05) is 18.2 Å². The van der Waals surface area contributed by atoms with Crippen molar-refractivity contribution in [2.24, 2.45) is 0 Å². The molecule has 0 aromatic heterocycles. The maximum absolute atomic E-state index is 13.5. The third kappa shape index (κ3) is 6.60. The summed E-state index contributed by atoms with van der Waals surface area (Å²) >= 11 is 11.9. The van der Waals surface area contributed by atoms with Gasteiger partial charge in [-0.25, -0.2) is 0 Å². The highest BCUT2D eigenvalue weighted by Crippen LogP contribution is 2.44. The van der Waals surface area contributed by atoms with Gasteiger partial charge < -0.3 is 19.5 Å². The molecule has 2 aromatic rings. The number of carbonyl (C=O) groups is 1. The zero-order chi connectivity index (χ0) is 27.3. The number of anilines is 1. The molecule has 1 atom stereocenters. The van der Waals surface area contributed by atoms with E-state index in [0.29, 0.717) is 39.4 Å². The Bertz CT molecular complexity index is 1360. The smallest absolute Gasteiger partial charge is 0.281 e. The number of ether oxygens (including phenoxy) is 2. The molecule has 12 heteroatoms. The highest BCUT2D eigenvalue weighted by atomic mass is 35.5. The van der Waals surface area contributed by atoms with Crippen molar-refractivity contribution in [1.29, 1.82) is 0 Å². The van der Waals surface area contributed by atoms with Crippen LogP contribution in [0.5, 0.6) is 5.75 Å². The van der Waals surface area contributed by atoms with E-state index in [-0.39, 0.29) is 50.4 Å². The number of thiocarbonyl (C=S) groups is 1. The van der Waals surface area contributed by atoms with Gasteiger partial charge in [0.2, 0.25) is 0 Å². The van der Waals surface area contributed by atoms with Crippen LogP contribution >= 0.6 is 23.8 Å². The second kappa shape index (κ2) is 12.4. The van der Waals surface area contributed by atoms with Crippen LogP contribution in [0.15, 0.2) is 72.1 Å². The van der Waals surface area contributed by atoms with Crippen molar-refractivity contribution < 1.29 is 32.3 Å². The summed E-state index contributed by atoms with van der Waals surface area (Å²) in [7, 11) is -4.11. The Hall–Kier alpha value is -2.80. The van der Waals surface area contributed by atoms with Crippen LogP contribution in [0.4, 0.5) is 5.69 Å².